The molecule has 0 fully saturated rings. The molecule has 0 saturated heterocycles. The maximum atomic E-state index is 6.36. The van der Waals surface area contributed by atoms with Gasteiger partial charge < -0.3 is 9.47 Å². The first kappa shape index (κ1) is 49.7. The first-order valence-corrected chi connectivity index (χ1v) is 24.1. The summed E-state index contributed by atoms with van der Waals surface area (Å²) < 4.78 is 17.0. The summed E-state index contributed by atoms with van der Waals surface area (Å²) in [6.45, 7) is 10.2. The van der Waals surface area contributed by atoms with Gasteiger partial charge in [-0.05, 0) is 67.4 Å². The summed E-state index contributed by atoms with van der Waals surface area (Å²) in [5.41, 5.74) is 9.65. The number of halogens is 2. The summed E-state index contributed by atoms with van der Waals surface area (Å²) in [6.07, 6.45) is 6.04. The minimum absolute atomic E-state index is 0.410. The van der Waals surface area contributed by atoms with Crippen LogP contribution in [0.4, 0.5) is 0 Å². The molecule has 0 atom stereocenters. The van der Waals surface area contributed by atoms with Gasteiger partial charge in [-0.2, -0.15) is 5.21 Å². The van der Waals surface area contributed by atoms with Crippen LogP contribution < -0.4 is 9.47 Å². The van der Waals surface area contributed by atoms with E-state index in [0.717, 1.165) is 106 Å². The van der Waals surface area contributed by atoms with Crippen molar-refractivity contribution in [1.29, 1.82) is 0 Å². The van der Waals surface area contributed by atoms with Crippen molar-refractivity contribution in [2.45, 2.75) is 85.9 Å². The molecule has 0 aliphatic heterocycles. The number of aromatic nitrogens is 12. The number of ether oxygens (including phenoxy) is 2. The number of rotatable bonds is 18. The van der Waals surface area contributed by atoms with Crippen LogP contribution in [0.15, 0.2) is 127 Å². The van der Waals surface area contributed by atoms with Crippen LogP contribution in [0.1, 0.15) is 81.7 Å². The molecule has 69 heavy (non-hydrogen) atoms. The second-order valence-corrected chi connectivity index (χ2v) is 16.6. The average molecular weight is 966 g/mol. The summed E-state index contributed by atoms with van der Waals surface area (Å²) in [7, 11) is 3.26. The number of nitrogens with zero attached hydrogens (tertiary/aromatic N) is 11. The van der Waals surface area contributed by atoms with E-state index >= 15 is 0 Å². The lowest BCUT2D eigenvalue weighted by Crippen LogP contribution is -2.07. The molecular weight excluding hydrogens is 908 g/mol. The Morgan fingerprint density at radius 1 is 0.536 bits per heavy atom. The van der Waals surface area contributed by atoms with Crippen LogP contribution >= 0.6 is 23.2 Å². The number of nitrogens with one attached hydrogen (secondary N) is 1. The summed E-state index contributed by atoms with van der Waals surface area (Å²) in [5.74, 6) is 4.42. The number of hydrogen-bond acceptors (Lipinski definition) is 10. The van der Waals surface area contributed by atoms with Gasteiger partial charge in [0, 0.05) is 24.0 Å². The molecule has 14 nitrogen and oxygen atoms in total. The molecule has 16 heteroatoms. The van der Waals surface area contributed by atoms with E-state index in [1.165, 1.54) is 0 Å². The molecule has 9 rings (SSSR count). The third kappa shape index (κ3) is 12.1. The molecule has 1 N–H and O–H groups in total. The fourth-order valence-corrected chi connectivity index (χ4v) is 8.56. The lowest BCUT2D eigenvalue weighted by atomic mass is 9.98. The van der Waals surface area contributed by atoms with Crippen molar-refractivity contribution >= 4 is 23.2 Å². The number of aromatic amines is 1. The quantitative estimate of drug-likeness (QED) is 0.0879. The van der Waals surface area contributed by atoms with Crippen molar-refractivity contribution in [3.8, 4) is 56.8 Å². The highest BCUT2D eigenvalue weighted by Gasteiger charge is 2.20. The Morgan fingerprint density at radius 3 is 1.48 bits per heavy atom. The predicted octanol–water partition coefficient (Wildman–Crippen LogP) is 12.1. The second-order valence-electron chi connectivity index (χ2n) is 15.9. The van der Waals surface area contributed by atoms with Gasteiger partial charge in [0.2, 0.25) is 17.6 Å². The zero-order chi connectivity index (χ0) is 48.5. The normalized spacial score (nSPS) is 10.8. The molecule has 0 aliphatic rings. The predicted molar refractivity (Wildman–Crippen MR) is 274 cm³/mol. The lowest BCUT2D eigenvalue weighted by molar-refractivity contribution is 0.374. The summed E-state index contributed by atoms with van der Waals surface area (Å²) in [6, 6.07) is 43.4. The first-order valence-electron chi connectivity index (χ1n) is 23.4. The van der Waals surface area contributed by atoms with Gasteiger partial charge in [0.05, 0.1) is 33.9 Å². The van der Waals surface area contributed by atoms with Crippen molar-refractivity contribution in [3.63, 3.8) is 0 Å². The van der Waals surface area contributed by atoms with E-state index in [-0.39, 0.29) is 0 Å². The number of imidazole rings is 2. The van der Waals surface area contributed by atoms with Gasteiger partial charge in [0.15, 0.2) is 16.1 Å². The summed E-state index contributed by atoms with van der Waals surface area (Å²) in [5, 5.41) is 27.8. The van der Waals surface area contributed by atoms with Crippen LogP contribution in [0.5, 0.6) is 11.8 Å². The number of unbranched alkanes of at least 4 members (excludes halogenated alkanes) is 2. The lowest BCUT2D eigenvalue weighted by Gasteiger charge is -2.13. The topological polar surface area (TPSA) is 152 Å². The highest BCUT2D eigenvalue weighted by atomic mass is 35.5. The molecule has 5 aromatic carbocycles. The summed E-state index contributed by atoms with van der Waals surface area (Å²) in [4.78, 5) is 9.04. The van der Waals surface area contributed by atoms with Crippen LogP contribution in [0.2, 0.25) is 10.3 Å². The number of H-pyrrole nitrogens is 1. The van der Waals surface area contributed by atoms with Crippen molar-refractivity contribution in [3.05, 3.63) is 166 Å². The standard InChI is InChI=1S/C29H29ClN6O.C22H23ClN6O.C2H6/c1-3-4-14-26-31-27(30)29(37-2)35(26)19-22-15-17-23(18-16-22)24-12-8-9-13-25(24)28-32-33-34-36(28)20-21-10-6-5-7-11-21;1-3-4-9-19-24-20(23)22(30-2)29(19)14-15-10-12-16(13-11-15)17-7-5-6-8-18(17)21-25-27-28-26-21;1-2/h5-13,15-18H,3-4,14,19-20H2,1-2H3;5-8,10-13H,3-4,9,14H2,1-2H3,(H,25,26,27,28);1-2H3. The van der Waals surface area contributed by atoms with Crippen LogP contribution in [0, 0.1) is 0 Å². The van der Waals surface area contributed by atoms with E-state index in [0.29, 0.717) is 47.5 Å². The van der Waals surface area contributed by atoms with E-state index in [1.807, 2.05) is 67.1 Å². The molecule has 0 radical (unpaired) electrons. The van der Waals surface area contributed by atoms with Gasteiger partial charge in [0.25, 0.3) is 0 Å². The largest absolute Gasteiger partial charge is 0.480 e. The van der Waals surface area contributed by atoms with Crippen LogP contribution in [0.3, 0.4) is 0 Å². The average Bonchev–Trinajstić information content (AvgIpc) is 4.22. The molecular formula is C53H58Cl2N12O2. The maximum Gasteiger partial charge on any atom is 0.233 e. The van der Waals surface area contributed by atoms with Crippen LogP contribution in [-0.4, -0.2) is 74.2 Å². The molecule has 9 aromatic rings. The van der Waals surface area contributed by atoms with Crippen LogP contribution in [0.25, 0.3) is 45.0 Å². The van der Waals surface area contributed by atoms with Gasteiger partial charge in [0.1, 0.15) is 11.6 Å². The minimum Gasteiger partial charge on any atom is -0.480 e. The molecule has 0 unspecified atom stereocenters. The molecule has 0 amide bonds. The highest BCUT2D eigenvalue weighted by molar-refractivity contribution is 6.31. The molecule has 0 spiro atoms. The number of methoxy groups -OCH3 is 2. The Balaban J connectivity index is 0.000000201. The Labute approximate surface area is 413 Å². The minimum atomic E-state index is 0.410. The number of benzene rings is 5. The number of aryl methyl sites for hydroxylation is 2. The van der Waals surface area contributed by atoms with Crippen molar-refractivity contribution in [1.82, 2.24) is 59.9 Å². The van der Waals surface area contributed by atoms with Crippen molar-refractivity contribution in [2.75, 3.05) is 14.2 Å². The van der Waals surface area contributed by atoms with Gasteiger partial charge >= 0.3 is 0 Å². The molecule has 356 valence electrons. The van der Waals surface area contributed by atoms with Gasteiger partial charge in [-0.15, -0.1) is 15.3 Å². The zero-order valence-electron chi connectivity index (χ0n) is 40.0. The third-order valence-electron chi connectivity index (χ3n) is 11.4. The summed E-state index contributed by atoms with van der Waals surface area (Å²) >= 11 is 12.6. The highest BCUT2D eigenvalue weighted by Crippen LogP contribution is 2.34. The monoisotopic (exact) mass is 964 g/mol. The number of tetrazole rings is 2. The van der Waals surface area contributed by atoms with E-state index in [4.69, 9.17) is 32.7 Å². The third-order valence-corrected chi connectivity index (χ3v) is 11.9. The Hall–Kier alpha value is -7.16. The first-order chi connectivity index (χ1) is 33.9. The molecule has 0 saturated carbocycles. The second kappa shape index (κ2) is 24.7. The fourth-order valence-electron chi connectivity index (χ4n) is 8.01. The van der Waals surface area contributed by atoms with E-state index in [9.17, 15) is 0 Å². The van der Waals surface area contributed by atoms with Crippen molar-refractivity contribution in [2.24, 2.45) is 0 Å². The maximum absolute atomic E-state index is 6.36. The smallest absolute Gasteiger partial charge is 0.233 e. The van der Waals surface area contributed by atoms with Gasteiger partial charge in [-0.25, -0.2) is 14.6 Å². The zero-order valence-corrected chi connectivity index (χ0v) is 41.5. The Morgan fingerprint density at radius 2 is 1.00 bits per heavy atom. The SMILES string of the molecule is CC.CCCCc1nc(Cl)c(OC)n1Cc1ccc(-c2ccccc2-c2nn[nH]n2)cc1.CCCCc1nc(Cl)c(OC)n1Cc1ccc(-c2ccccc2-c2nnnn2Cc2ccccc2)cc1. The molecule has 4 aromatic heterocycles. The molecule has 4 heterocycles. The van der Waals surface area contributed by atoms with Crippen LogP contribution in [-0.2, 0) is 32.5 Å². The van der Waals surface area contributed by atoms with E-state index in [1.54, 1.807) is 14.2 Å². The molecule has 0 bridgehead atoms. The number of hydrogen-bond donors (Lipinski definition) is 1. The van der Waals surface area contributed by atoms with E-state index < -0.39 is 0 Å². The fraction of sp³-hybridized carbons (Fsp3) is 0.283. The Bertz CT molecular complexity index is 2970. The van der Waals surface area contributed by atoms with E-state index in [2.05, 4.69) is 148 Å². The van der Waals surface area contributed by atoms with Gasteiger partial charge in [-0.1, -0.05) is 191 Å². The molecule has 0 aliphatic carbocycles. The van der Waals surface area contributed by atoms with Gasteiger partial charge in [-0.3, -0.25) is 9.13 Å². The van der Waals surface area contributed by atoms with Crippen molar-refractivity contribution < 1.29 is 9.47 Å². The Kier molecular flexibility index (Phi) is 17.8.